The second-order valence-corrected chi connectivity index (χ2v) is 4.23. The zero-order chi connectivity index (χ0) is 8.39. The SMILES string of the molecule is O=Cc1ccc(-c2ccsc2)s1. The van der Waals surface area contributed by atoms with E-state index in [0.717, 1.165) is 11.2 Å². The largest absolute Gasteiger partial charge is 0.297 e. The molecule has 2 aromatic heterocycles. The molecular formula is C9H6OS2. The topological polar surface area (TPSA) is 17.1 Å². The first kappa shape index (κ1) is 7.71. The number of hydrogen-bond acceptors (Lipinski definition) is 3. The minimum Gasteiger partial charge on any atom is -0.297 e. The molecule has 0 aliphatic rings. The lowest BCUT2D eigenvalue weighted by molar-refractivity contribution is 0.112. The van der Waals surface area contributed by atoms with Gasteiger partial charge in [0.15, 0.2) is 6.29 Å². The highest BCUT2D eigenvalue weighted by molar-refractivity contribution is 7.17. The molecule has 1 nitrogen and oxygen atoms in total. The minimum atomic E-state index is 0.788. The number of hydrogen-bond donors (Lipinski definition) is 0. The number of thiophene rings is 2. The van der Waals surface area contributed by atoms with Gasteiger partial charge in [-0.3, -0.25) is 4.79 Å². The second kappa shape index (κ2) is 3.21. The van der Waals surface area contributed by atoms with Crippen molar-refractivity contribution in [1.29, 1.82) is 0 Å². The van der Waals surface area contributed by atoms with Gasteiger partial charge in [-0.1, -0.05) is 0 Å². The Hall–Kier alpha value is -0.930. The Morgan fingerprint density at radius 2 is 2.17 bits per heavy atom. The number of carbonyl (C=O) groups is 1. The summed E-state index contributed by atoms with van der Waals surface area (Å²) >= 11 is 3.20. The maximum atomic E-state index is 10.4. The lowest BCUT2D eigenvalue weighted by atomic mass is 10.3. The maximum Gasteiger partial charge on any atom is 0.160 e. The van der Waals surface area contributed by atoms with Crippen LogP contribution in [-0.4, -0.2) is 6.29 Å². The first-order valence-corrected chi connectivity index (χ1v) is 5.23. The molecule has 3 heteroatoms. The van der Waals surface area contributed by atoms with Crippen LogP contribution in [0.25, 0.3) is 10.4 Å². The first-order chi connectivity index (χ1) is 5.90. The van der Waals surface area contributed by atoms with Crippen LogP contribution in [0.2, 0.25) is 0 Å². The molecule has 0 radical (unpaired) electrons. The summed E-state index contributed by atoms with van der Waals surface area (Å²) in [5.74, 6) is 0. The van der Waals surface area contributed by atoms with Gasteiger partial charge in [-0.15, -0.1) is 11.3 Å². The van der Waals surface area contributed by atoms with Gasteiger partial charge in [0.25, 0.3) is 0 Å². The summed E-state index contributed by atoms with van der Waals surface area (Å²) in [4.78, 5) is 12.4. The molecule has 0 fully saturated rings. The summed E-state index contributed by atoms with van der Waals surface area (Å²) in [7, 11) is 0. The van der Waals surface area contributed by atoms with Gasteiger partial charge >= 0.3 is 0 Å². The molecule has 0 unspecified atom stereocenters. The van der Waals surface area contributed by atoms with Gasteiger partial charge in [0.2, 0.25) is 0 Å². The van der Waals surface area contributed by atoms with Crippen LogP contribution >= 0.6 is 22.7 Å². The van der Waals surface area contributed by atoms with Crippen molar-refractivity contribution in [1.82, 2.24) is 0 Å². The van der Waals surface area contributed by atoms with Crippen LogP contribution < -0.4 is 0 Å². The van der Waals surface area contributed by atoms with Crippen LogP contribution in [-0.2, 0) is 0 Å². The highest BCUT2D eigenvalue weighted by atomic mass is 32.1. The second-order valence-electron chi connectivity index (χ2n) is 2.33. The van der Waals surface area contributed by atoms with Crippen LogP contribution in [0.15, 0.2) is 29.0 Å². The van der Waals surface area contributed by atoms with Crippen molar-refractivity contribution in [2.45, 2.75) is 0 Å². The van der Waals surface area contributed by atoms with Gasteiger partial charge < -0.3 is 0 Å². The third-order valence-corrected chi connectivity index (χ3v) is 3.29. The van der Waals surface area contributed by atoms with Gasteiger partial charge in [-0.2, -0.15) is 11.3 Å². The number of aldehydes is 1. The Labute approximate surface area is 78.3 Å². The van der Waals surface area contributed by atoms with E-state index in [4.69, 9.17) is 0 Å². The van der Waals surface area contributed by atoms with Crippen LogP contribution in [0.3, 0.4) is 0 Å². The maximum absolute atomic E-state index is 10.4. The quantitative estimate of drug-likeness (QED) is 0.670. The van der Waals surface area contributed by atoms with Crippen molar-refractivity contribution in [3.8, 4) is 10.4 Å². The summed E-state index contributed by atoms with van der Waals surface area (Å²) in [6, 6.07) is 5.90. The molecule has 0 N–H and O–H groups in total. The number of rotatable bonds is 2. The fourth-order valence-corrected chi connectivity index (χ4v) is 2.53. The van der Waals surface area contributed by atoms with Crippen molar-refractivity contribution >= 4 is 29.0 Å². The lowest BCUT2D eigenvalue weighted by Gasteiger charge is -1.86. The van der Waals surface area contributed by atoms with Crippen molar-refractivity contribution in [2.75, 3.05) is 0 Å². The van der Waals surface area contributed by atoms with Gasteiger partial charge in [0.1, 0.15) is 0 Å². The Morgan fingerprint density at radius 3 is 2.75 bits per heavy atom. The fraction of sp³-hybridized carbons (Fsp3) is 0. The third kappa shape index (κ3) is 1.33. The highest BCUT2D eigenvalue weighted by Gasteiger charge is 2.01. The smallest absolute Gasteiger partial charge is 0.160 e. The Balaban J connectivity index is 2.41. The van der Waals surface area contributed by atoms with E-state index < -0.39 is 0 Å². The van der Waals surface area contributed by atoms with E-state index in [1.165, 1.54) is 21.8 Å². The molecule has 12 heavy (non-hydrogen) atoms. The van der Waals surface area contributed by atoms with Crippen LogP contribution in [0.4, 0.5) is 0 Å². The van der Waals surface area contributed by atoms with Crippen molar-refractivity contribution < 1.29 is 4.79 Å². The van der Waals surface area contributed by atoms with Crippen LogP contribution in [0.1, 0.15) is 9.67 Å². The van der Waals surface area contributed by atoms with E-state index in [0.29, 0.717) is 0 Å². The Morgan fingerprint density at radius 1 is 1.25 bits per heavy atom. The van der Waals surface area contributed by atoms with Crippen molar-refractivity contribution in [2.24, 2.45) is 0 Å². The molecule has 0 saturated heterocycles. The first-order valence-electron chi connectivity index (χ1n) is 3.48. The normalized spacial score (nSPS) is 10.0. The summed E-state index contributed by atoms with van der Waals surface area (Å²) < 4.78 is 0. The predicted molar refractivity (Wildman–Crippen MR) is 53.0 cm³/mol. The van der Waals surface area contributed by atoms with E-state index in [1.807, 2.05) is 17.5 Å². The molecule has 2 rings (SSSR count). The van der Waals surface area contributed by atoms with Gasteiger partial charge in [0, 0.05) is 10.4 Å². The molecule has 2 aromatic rings. The number of carbonyl (C=O) groups excluding carboxylic acids is 1. The van der Waals surface area contributed by atoms with Crippen LogP contribution in [0, 0.1) is 0 Å². The average Bonchev–Trinajstić information content (AvgIpc) is 2.75. The molecule has 0 spiro atoms. The monoisotopic (exact) mass is 194 g/mol. The minimum absolute atomic E-state index is 0.788. The molecule has 60 valence electrons. The highest BCUT2D eigenvalue weighted by Crippen LogP contribution is 2.28. The van der Waals surface area contributed by atoms with Gasteiger partial charge in [0.05, 0.1) is 4.88 Å². The summed E-state index contributed by atoms with van der Waals surface area (Å²) in [6.07, 6.45) is 0.889. The lowest BCUT2D eigenvalue weighted by Crippen LogP contribution is -1.62. The molecule has 0 saturated carbocycles. The van der Waals surface area contributed by atoms with Gasteiger partial charge in [-0.25, -0.2) is 0 Å². The van der Waals surface area contributed by atoms with E-state index in [9.17, 15) is 4.79 Å². The zero-order valence-electron chi connectivity index (χ0n) is 6.19. The van der Waals surface area contributed by atoms with Crippen molar-refractivity contribution in [3.05, 3.63) is 33.8 Å². The van der Waals surface area contributed by atoms with Gasteiger partial charge in [-0.05, 0) is 29.0 Å². The third-order valence-electron chi connectivity index (χ3n) is 1.55. The Bertz CT molecular complexity index is 373. The summed E-state index contributed by atoms with van der Waals surface area (Å²) in [5.41, 5.74) is 1.21. The fourth-order valence-electron chi connectivity index (χ4n) is 0.976. The molecule has 0 aliphatic carbocycles. The molecule has 0 aliphatic heterocycles. The molecular weight excluding hydrogens is 188 g/mol. The van der Waals surface area contributed by atoms with Crippen LogP contribution in [0.5, 0.6) is 0 Å². The summed E-state index contributed by atoms with van der Waals surface area (Å²) in [5, 5.41) is 4.12. The molecule has 0 atom stereocenters. The van der Waals surface area contributed by atoms with Crippen molar-refractivity contribution in [3.63, 3.8) is 0 Å². The molecule has 2 heterocycles. The molecule has 0 bridgehead atoms. The van der Waals surface area contributed by atoms with E-state index in [2.05, 4.69) is 11.4 Å². The molecule has 0 aromatic carbocycles. The van der Waals surface area contributed by atoms with E-state index in [1.54, 1.807) is 11.3 Å². The summed E-state index contributed by atoms with van der Waals surface area (Å²) in [6.45, 7) is 0. The Kier molecular flexibility index (Phi) is 2.06. The standard InChI is InChI=1S/C9H6OS2/c10-5-8-1-2-9(12-8)7-3-4-11-6-7/h1-6H. The zero-order valence-corrected chi connectivity index (χ0v) is 7.82. The molecule has 0 amide bonds. The van der Waals surface area contributed by atoms with E-state index in [-0.39, 0.29) is 0 Å². The van der Waals surface area contributed by atoms with E-state index >= 15 is 0 Å². The predicted octanol–water partition coefficient (Wildman–Crippen LogP) is 3.29. The average molecular weight is 194 g/mol.